The van der Waals surface area contributed by atoms with Crippen LogP contribution in [0.2, 0.25) is 0 Å². The summed E-state index contributed by atoms with van der Waals surface area (Å²) >= 11 is 1.55. The van der Waals surface area contributed by atoms with E-state index < -0.39 is 0 Å². The Balaban J connectivity index is 1.44. The van der Waals surface area contributed by atoms with Crippen LogP contribution in [-0.2, 0) is 6.61 Å². The lowest BCUT2D eigenvalue weighted by Crippen LogP contribution is -2.02. The van der Waals surface area contributed by atoms with E-state index in [4.69, 9.17) is 14.1 Å². The van der Waals surface area contributed by atoms with Gasteiger partial charge < -0.3 is 9.47 Å². The molecule has 0 unspecified atom stereocenters. The second-order valence-corrected chi connectivity index (χ2v) is 7.11. The molecule has 9 heteroatoms. The molecule has 148 valence electrons. The van der Waals surface area contributed by atoms with Gasteiger partial charge in [0.05, 0.1) is 23.0 Å². The summed E-state index contributed by atoms with van der Waals surface area (Å²) in [6.45, 7) is 4.51. The minimum Gasteiger partial charge on any atom is -0.490 e. The zero-order valence-corrected chi connectivity index (χ0v) is 16.8. The van der Waals surface area contributed by atoms with Crippen molar-refractivity contribution in [3.63, 3.8) is 0 Å². The fourth-order valence-electron chi connectivity index (χ4n) is 2.60. The number of para-hydroxylation sites is 1. The largest absolute Gasteiger partial charge is 0.490 e. The van der Waals surface area contributed by atoms with E-state index in [1.807, 2.05) is 56.3 Å². The quantitative estimate of drug-likeness (QED) is 0.340. The number of hydrazone groups is 1. The number of nitrogens with one attached hydrogen (secondary N) is 1. The van der Waals surface area contributed by atoms with Gasteiger partial charge in [-0.05, 0) is 49.7 Å². The molecular weight excluding hydrogens is 390 g/mol. The van der Waals surface area contributed by atoms with Crippen LogP contribution in [0.5, 0.6) is 11.5 Å². The van der Waals surface area contributed by atoms with Gasteiger partial charge in [0.15, 0.2) is 11.5 Å². The Morgan fingerprint density at radius 3 is 2.83 bits per heavy atom. The van der Waals surface area contributed by atoms with E-state index in [0.29, 0.717) is 29.5 Å². The summed E-state index contributed by atoms with van der Waals surface area (Å²) in [7, 11) is 0. The zero-order chi connectivity index (χ0) is 20.1. The number of rotatable bonds is 8. The van der Waals surface area contributed by atoms with Crippen molar-refractivity contribution in [2.45, 2.75) is 20.5 Å². The molecule has 0 saturated carbocycles. The van der Waals surface area contributed by atoms with E-state index in [0.717, 1.165) is 20.9 Å². The fraction of sp³-hybridized carbons (Fsp3) is 0.200. The molecule has 0 bridgehead atoms. The highest BCUT2D eigenvalue weighted by atomic mass is 32.1. The number of hydrogen-bond acceptors (Lipinski definition) is 9. The number of aromatic nitrogens is 3. The summed E-state index contributed by atoms with van der Waals surface area (Å²) in [6, 6.07) is 13.6. The maximum Gasteiger partial charge on any atom is 0.204 e. The molecule has 0 aliphatic carbocycles. The van der Waals surface area contributed by atoms with Crippen LogP contribution in [0.1, 0.15) is 23.9 Å². The lowest BCUT2D eigenvalue weighted by atomic mass is 10.2. The monoisotopic (exact) mass is 409 g/mol. The van der Waals surface area contributed by atoms with Gasteiger partial charge in [-0.25, -0.2) is 9.61 Å². The van der Waals surface area contributed by atoms with Crippen molar-refractivity contribution in [1.29, 1.82) is 0 Å². The minimum absolute atomic E-state index is 0.252. The maximum atomic E-state index is 5.82. The third-order valence-corrected chi connectivity index (χ3v) is 4.99. The Morgan fingerprint density at radius 1 is 1.14 bits per heavy atom. The van der Waals surface area contributed by atoms with Crippen molar-refractivity contribution in [2.24, 2.45) is 5.10 Å². The molecule has 0 aliphatic heterocycles. The summed E-state index contributed by atoms with van der Waals surface area (Å²) in [6.07, 6.45) is 1.71. The van der Waals surface area contributed by atoms with Crippen LogP contribution in [0.15, 0.2) is 52.2 Å². The molecule has 0 aliphatic rings. The highest BCUT2D eigenvalue weighted by Crippen LogP contribution is 2.29. The van der Waals surface area contributed by atoms with Gasteiger partial charge in [-0.2, -0.15) is 5.10 Å². The molecular formula is C20H19N5O3S. The van der Waals surface area contributed by atoms with E-state index in [1.54, 1.807) is 17.6 Å². The van der Waals surface area contributed by atoms with Crippen LogP contribution < -0.4 is 14.9 Å². The standard InChI is InChI=1S/C20H19N5O3S/c1-3-26-18-10-14(8-9-17(18)27-12-16-13(2)24-28-25-16)11-21-23-20-22-15-6-4-5-7-19(15)29-20/h4-11H,3,12H2,1-2H3,(H,22,23)/b21-11+. The summed E-state index contributed by atoms with van der Waals surface area (Å²) in [5.41, 5.74) is 6.15. The van der Waals surface area contributed by atoms with E-state index in [9.17, 15) is 0 Å². The maximum absolute atomic E-state index is 5.82. The topological polar surface area (TPSA) is 94.7 Å². The van der Waals surface area contributed by atoms with Crippen molar-refractivity contribution in [2.75, 3.05) is 12.0 Å². The predicted molar refractivity (Wildman–Crippen MR) is 112 cm³/mol. The lowest BCUT2D eigenvalue weighted by Gasteiger charge is -2.11. The molecule has 2 aromatic carbocycles. The Labute approximate surface area is 171 Å². The normalized spacial score (nSPS) is 11.2. The summed E-state index contributed by atoms with van der Waals surface area (Å²) < 4.78 is 17.3. The smallest absolute Gasteiger partial charge is 0.204 e. The highest BCUT2D eigenvalue weighted by Gasteiger charge is 2.10. The molecule has 0 atom stereocenters. The molecule has 0 saturated heterocycles. The van der Waals surface area contributed by atoms with Crippen LogP contribution in [-0.4, -0.2) is 28.1 Å². The first-order chi connectivity index (χ1) is 14.2. The molecule has 4 rings (SSSR count). The van der Waals surface area contributed by atoms with Gasteiger partial charge in [0.2, 0.25) is 5.13 Å². The lowest BCUT2D eigenvalue weighted by molar-refractivity contribution is 0.253. The average molecular weight is 409 g/mol. The molecule has 8 nitrogen and oxygen atoms in total. The Bertz CT molecular complexity index is 1110. The number of aryl methyl sites for hydroxylation is 1. The predicted octanol–water partition coefficient (Wildman–Crippen LogP) is 4.41. The van der Waals surface area contributed by atoms with Crippen LogP contribution in [0.3, 0.4) is 0 Å². The number of anilines is 1. The molecule has 0 fully saturated rings. The van der Waals surface area contributed by atoms with Crippen molar-refractivity contribution < 1.29 is 14.1 Å². The van der Waals surface area contributed by atoms with Gasteiger partial charge >= 0.3 is 0 Å². The highest BCUT2D eigenvalue weighted by molar-refractivity contribution is 7.22. The van der Waals surface area contributed by atoms with Crippen LogP contribution in [0.4, 0.5) is 5.13 Å². The molecule has 4 aromatic rings. The minimum atomic E-state index is 0.252. The third-order valence-electron chi connectivity index (χ3n) is 4.05. The first-order valence-corrected chi connectivity index (χ1v) is 9.87. The molecule has 2 aromatic heterocycles. The number of thiazole rings is 1. The van der Waals surface area contributed by atoms with Gasteiger partial charge in [0.1, 0.15) is 18.0 Å². The van der Waals surface area contributed by atoms with Crippen LogP contribution in [0, 0.1) is 6.92 Å². The summed E-state index contributed by atoms with van der Waals surface area (Å²) in [5.74, 6) is 1.25. The van der Waals surface area contributed by atoms with Crippen molar-refractivity contribution in [3.05, 3.63) is 59.4 Å². The van der Waals surface area contributed by atoms with Crippen molar-refractivity contribution in [1.82, 2.24) is 15.3 Å². The van der Waals surface area contributed by atoms with Crippen molar-refractivity contribution >= 4 is 32.9 Å². The van der Waals surface area contributed by atoms with E-state index in [2.05, 4.69) is 25.8 Å². The molecule has 0 radical (unpaired) electrons. The summed E-state index contributed by atoms with van der Waals surface area (Å²) in [5, 5.41) is 12.6. The Hall–Kier alpha value is -3.46. The van der Waals surface area contributed by atoms with Gasteiger partial charge in [-0.3, -0.25) is 5.43 Å². The second-order valence-electron chi connectivity index (χ2n) is 6.08. The number of hydrogen-bond donors (Lipinski definition) is 1. The molecule has 2 heterocycles. The molecule has 0 spiro atoms. The van der Waals surface area contributed by atoms with Gasteiger partial charge in [0.25, 0.3) is 0 Å². The van der Waals surface area contributed by atoms with Gasteiger partial charge in [0, 0.05) is 0 Å². The Kier molecular flexibility index (Phi) is 5.66. The van der Waals surface area contributed by atoms with Crippen LogP contribution >= 0.6 is 11.3 Å². The fourth-order valence-corrected chi connectivity index (χ4v) is 3.42. The second kappa shape index (κ2) is 8.70. The SMILES string of the molecule is CCOc1cc(/C=N/Nc2nc3ccccc3s2)ccc1OCc1nonc1C. The van der Waals surface area contributed by atoms with E-state index >= 15 is 0 Å². The molecule has 0 amide bonds. The number of benzene rings is 2. The third kappa shape index (κ3) is 4.52. The molecule has 29 heavy (non-hydrogen) atoms. The summed E-state index contributed by atoms with van der Waals surface area (Å²) in [4.78, 5) is 4.49. The van der Waals surface area contributed by atoms with E-state index in [-0.39, 0.29) is 6.61 Å². The zero-order valence-electron chi connectivity index (χ0n) is 16.0. The molecule has 1 N–H and O–H groups in total. The Morgan fingerprint density at radius 2 is 2.03 bits per heavy atom. The number of ether oxygens (including phenoxy) is 2. The first-order valence-electron chi connectivity index (χ1n) is 9.05. The van der Waals surface area contributed by atoms with Gasteiger partial charge in [-0.15, -0.1) is 0 Å². The number of nitrogens with zero attached hydrogens (tertiary/aromatic N) is 4. The van der Waals surface area contributed by atoms with E-state index in [1.165, 1.54) is 0 Å². The number of fused-ring (bicyclic) bond motifs is 1. The van der Waals surface area contributed by atoms with Crippen molar-refractivity contribution in [3.8, 4) is 11.5 Å². The first kappa shape index (κ1) is 18.9. The van der Waals surface area contributed by atoms with Gasteiger partial charge in [-0.1, -0.05) is 33.8 Å². The van der Waals surface area contributed by atoms with Crippen LogP contribution in [0.25, 0.3) is 10.2 Å². The average Bonchev–Trinajstić information content (AvgIpc) is 3.33.